The van der Waals surface area contributed by atoms with Gasteiger partial charge in [0.2, 0.25) is 17.8 Å². The molecule has 0 aromatic carbocycles. The highest BCUT2D eigenvalue weighted by Crippen LogP contribution is 2.37. The van der Waals surface area contributed by atoms with E-state index < -0.39 is 0 Å². The van der Waals surface area contributed by atoms with Crippen LogP contribution in [0.2, 0.25) is 0 Å². The van der Waals surface area contributed by atoms with E-state index in [2.05, 4.69) is 51.3 Å². The van der Waals surface area contributed by atoms with Crippen molar-refractivity contribution in [1.29, 1.82) is 0 Å². The van der Waals surface area contributed by atoms with Gasteiger partial charge < -0.3 is 15.5 Å². The summed E-state index contributed by atoms with van der Waals surface area (Å²) < 4.78 is 0. The number of nitrogens with zero attached hydrogens (tertiary/aromatic N) is 4. The van der Waals surface area contributed by atoms with Crippen molar-refractivity contribution in [2.24, 2.45) is 0 Å². The molecule has 2 rings (SSSR count). The minimum absolute atomic E-state index is 0.174. The van der Waals surface area contributed by atoms with Gasteiger partial charge in [0.05, 0.1) is 0 Å². The lowest BCUT2D eigenvalue weighted by atomic mass is 10.3. The quantitative estimate of drug-likeness (QED) is 0.801. The molecule has 18 heavy (non-hydrogen) atoms. The fourth-order valence-electron chi connectivity index (χ4n) is 1.76. The van der Waals surface area contributed by atoms with Gasteiger partial charge in [0, 0.05) is 25.7 Å². The Balaban J connectivity index is 2.26. The van der Waals surface area contributed by atoms with Crippen molar-refractivity contribution < 1.29 is 0 Å². The molecule has 0 bridgehead atoms. The normalized spacial score (nSPS) is 16.2. The summed E-state index contributed by atoms with van der Waals surface area (Å²) in [5.41, 5.74) is 0.174. The van der Waals surface area contributed by atoms with Crippen LogP contribution in [0, 0.1) is 0 Å². The van der Waals surface area contributed by atoms with Crippen LogP contribution in [0.1, 0.15) is 33.6 Å². The van der Waals surface area contributed by atoms with Crippen molar-refractivity contribution in [1.82, 2.24) is 15.0 Å². The predicted molar refractivity (Wildman–Crippen MR) is 74.2 cm³/mol. The lowest BCUT2D eigenvalue weighted by Crippen LogP contribution is -2.26. The van der Waals surface area contributed by atoms with Gasteiger partial charge >= 0.3 is 0 Å². The molecular formula is C12H22N6. The molecule has 6 heteroatoms. The Hall–Kier alpha value is -1.59. The topological polar surface area (TPSA) is 66.0 Å². The summed E-state index contributed by atoms with van der Waals surface area (Å²) >= 11 is 0. The first-order valence-electron chi connectivity index (χ1n) is 6.57. The first kappa shape index (κ1) is 12.9. The van der Waals surface area contributed by atoms with E-state index in [1.54, 1.807) is 0 Å². The summed E-state index contributed by atoms with van der Waals surface area (Å²) in [5, 5.41) is 6.37. The minimum Gasteiger partial charge on any atom is -0.357 e. The van der Waals surface area contributed by atoms with Gasteiger partial charge in [0.25, 0.3) is 0 Å². The van der Waals surface area contributed by atoms with Crippen LogP contribution in [-0.4, -0.2) is 40.6 Å². The standard InChI is InChI=1S/C12H22N6/c1-5-18(6-2)11-15-9(13-4)14-10(16-11)17-12(3)7-8-12/h5-8H2,1-4H3,(H2,13,14,15,16,17). The number of anilines is 3. The van der Waals surface area contributed by atoms with Crippen LogP contribution in [0.3, 0.4) is 0 Å². The lowest BCUT2D eigenvalue weighted by molar-refractivity contribution is 0.784. The minimum atomic E-state index is 0.174. The fourth-order valence-corrected chi connectivity index (χ4v) is 1.76. The second-order valence-electron chi connectivity index (χ2n) is 4.89. The maximum Gasteiger partial charge on any atom is 0.231 e. The van der Waals surface area contributed by atoms with Gasteiger partial charge in [0.15, 0.2) is 0 Å². The molecule has 0 saturated heterocycles. The number of rotatable bonds is 6. The number of hydrogen-bond acceptors (Lipinski definition) is 6. The van der Waals surface area contributed by atoms with Crippen LogP contribution in [-0.2, 0) is 0 Å². The molecule has 1 aliphatic carbocycles. The SMILES string of the molecule is CCN(CC)c1nc(NC)nc(NC2(C)CC2)n1. The van der Waals surface area contributed by atoms with Crippen LogP contribution < -0.4 is 15.5 Å². The fraction of sp³-hybridized carbons (Fsp3) is 0.750. The average Bonchev–Trinajstić information content (AvgIpc) is 3.08. The van der Waals surface area contributed by atoms with E-state index in [-0.39, 0.29) is 5.54 Å². The van der Waals surface area contributed by atoms with E-state index >= 15 is 0 Å². The second kappa shape index (κ2) is 4.96. The van der Waals surface area contributed by atoms with E-state index in [1.807, 2.05) is 7.05 Å². The molecule has 1 heterocycles. The summed E-state index contributed by atoms with van der Waals surface area (Å²) in [5.74, 6) is 2.00. The van der Waals surface area contributed by atoms with E-state index in [1.165, 1.54) is 12.8 Å². The first-order valence-corrected chi connectivity index (χ1v) is 6.57. The Morgan fingerprint density at radius 2 is 1.72 bits per heavy atom. The Morgan fingerprint density at radius 1 is 1.11 bits per heavy atom. The van der Waals surface area contributed by atoms with Crippen molar-refractivity contribution in [3.63, 3.8) is 0 Å². The highest BCUT2D eigenvalue weighted by molar-refractivity contribution is 5.45. The van der Waals surface area contributed by atoms with Crippen molar-refractivity contribution in [3.05, 3.63) is 0 Å². The van der Waals surface area contributed by atoms with Gasteiger partial charge in [-0.3, -0.25) is 0 Å². The molecule has 0 amide bonds. The summed E-state index contributed by atoms with van der Waals surface area (Å²) in [7, 11) is 1.82. The van der Waals surface area contributed by atoms with E-state index in [9.17, 15) is 0 Å². The molecule has 1 saturated carbocycles. The van der Waals surface area contributed by atoms with Crippen LogP contribution in [0.15, 0.2) is 0 Å². The zero-order valence-electron chi connectivity index (χ0n) is 11.6. The van der Waals surface area contributed by atoms with E-state index in [4.69, 9.17) is 0 Å². The number of nitrogens with one attached hydrogen (secondary N) is 2. The summed E-state index contributed by atoms with van der Waals surface area (Å²) in [6.45, 7) is 8.16. The molecule has 0 atom stereocenters. The number of aromatic nitrogens is 3. The molecule has 0 radical (unpaired) electrons. The van der Waals surface area contributed by atoms with Crippen molar-refractivity contribution in [3.8, 4) is 0 Å². The maximum absolute atomic E-state index is 4.50. The molecule has 6 nitrogen and oxygen atoms in total. The third kappa shape index (κ3) is 2.80. The predicted octanol–water partition coefficient (Wildman–Crippen LogP) is 1.72. The Bertz CT molecular complexity index is 411. The van der Waals surface area contributed by atoms with E-state index in [0.29, 0.717) is 11.9 Å². The van der Waals surface area contributed by atoms with Gasteiger partial charge in [-0.15, -0.1) is 0 Å². The summed E-state index contributed by atoms with van der Waals surface area (Å²) in [6.07, 6.45) is 2.35. The monoisotopic (exact) mass is 250 g/mol. The van der Waals surface area contributed by atoms with Crippen LogP contribution in [0.4, 0.5) is 17.8 Å². The lowest BCUT2D eigenvalue weighted by Gasteiger charge is -2.20. The molecule has 0 spiro atoms. The summed E-state index contributed by atoms with van der Waals surface area (Å²) in [6, 6.07) is 0. The second-order valence-corrected chi connectivity index (χ2v) is 4.89. The average molecular weight is 250 g/mol. The third-order valence-corrected chi connectivity index (χ3v) is 3.31. The zero-order chi connectivity index (χ0) is 13.2. The molecule has 2 N–H and O–H groups in total. The smallest absolute Gasteiger partial charge is 0.231 e. The largest absolute Gasteiger partial charge is 0.357 e. The molecule has 1 fully saturated rings. The molecule has 0 unspecified atom stereocenters. The van der Waals surface area contributed by atoms with Crippen molar-refractivity contribution in [2.75, 3.05) is 35.7 Å². The third-order valence-electron chi connectivity index (χ3n) is 3.31. The van der Waals surface area contributed by atoms with Gasteiger partial charge in [-0.25, -0.2) is 0 Å². The van der Waals surface area contributed by atoms with Crippen LogP contribution in [0.5, 0.6) is 0 Å². The van der Waals surface area contributed by atoms with Crippen LogP contribution in [0.25, 0.3) is 0 Å². The first-order chi connectivity index (χ1) is 8.60. The molecule has 1 aliphatic rings. The van der Waals surface area contributed by atoms with Gasteiger partial charge in [-0.1, -0.05) is 0 Å². The van der Waals surface area contributed by atoms with Crippen LogP contribution >= 0.6 is 0 Å². The highest BCUT2D eigenvalue weighted by Gasteiger charge is 2.38. The highest BCUT2D eigenvalue weighted by atomic mass is 15.3. The van der Waals surface area contributed by atoms with Gasteiger partial charge in [-0.2, -0.15) is 15.0 Å². The van der Waals surface area contributed by atoms with Crippen molar-refractivity contribution in [2.45, 2.75) is 39.2 Å². The molecular weight excluding hydrogens is 228 g/mol. The molecule has 1 aromatic rings. The number of hydrogen-bond donors (Lipinski definition) is 2. The molecule has 0 aliphatic heterocycles. The molecule has 1 aromatic heterocycles. The van der Waals surface area contributed by atoms with Crippen molar-refractivity contribution >= 4 is 17.8 Å². The van der Waals surface area contributed by atoms with Gasteiger partial charge in [-0.05, 0) is 33.6 Å². The Morgan fingerprint density at radius 3 is 2.22 bits per heavy atom. The van der Waals surface area contributed by atoms with Gasteiger partial charge in [0.1, 0.15) is 0 Å². The Labute approximate surface area is 108 Å². The zero-order valence-corrected chi connectivity index (χ0v) is 11.6. The summed E-state index contributed by atoms with van der Waals surface area (Å²) in [4.78, 5) is 15.4. The molecule has 100 valence electrons. The Kier molecular flexibility index (Phi) is 3.54. The maximum atomic E-state index is 4.50. The van der Waals surface area contributed by atoms with E-state index in [0.717, 1.165) is 19.0 Å².